The molecule has 1 aliphatic carbocycles. The third-order valence-corrected chi connectivity index (χ3v) is 5.48. The molecule has 12 heavy (non-hydrogen) atoms. The van der Waals surface area contributed by atoms with Crippen LogP contribution in [-0.4, -0.2) is 21.8 Å². The zero-order valence-electron chi connectivity index (χ0n) is 8.34. The molecule has 0 amide bonds. The van der Waals surface area contributed by atoms with Gasteiger partial charge >= 0.3 is 0 Å². The van der Waals surface area contributed by atoms with E-state index < -0.39 is 10.1 Å². The fourth-order valence-corrected chi connectivity index (χ4v) is 4.60. The molecule has 1 rings (SSSR count). The molecule has 1 aliphatic rings. The first-order valence-corrected chi connectivity index (χ1v) is 7.09. The van der Waals surface area contributed by atoms with Crippen molar-refractivity contribution in [1.82, 2.24) is 4.72 Å². The molecule has 0 atom stereocenters. The fraction of sp³-hybridized carbons (Fsp3) is 1.00. The molecule has 0 aromatic carbocycles. The van der Waals surface area contributed by atoms with Crippen molar-refractivity contribution in [1.29, 1.82) is 0 Å². The monoisotopic (exact) mass is 191 g/mol. The number of nitrogens with one attached hydrogen (secondary N) is 1. The summed E-state index contributed by atoms with van der Waals surface area (Å²) in [6, 6.07) is 0.349. The van der Waals surface area contributed by atoms with Crippen molar-refractivity contribution >= 4 is 10.1 Å². The summed E-state index contributed by atoms with van der Waals surface area (Å²) in [7, 11) is -2.05. The van der Waals surface area contributed by atoms with E-state index in [2.05, 4.69) is 18.6 Å². The van der Waals surface area contributed by atoms with Crippen LogP contribution < -0.4 is 4.72 Å². The lowest BCUT2D eigenvalue weighted by atomic mass is 10.4. The molecule has 0 radical (unpaired) electrons. The van der Waals surface area contributed by atoms with E-state index in [9.17, 15) is 4.21 Å². The molecule has 0 unspecified atom stereocenters. The van der Waals surface area contributed by atoms with Gasteiger partial charge in [0, 0.05) is 17.5 Å². The van der Waals surface area contributed by atoms with Crippen molar-refractivity contribution < 1.29 is 4.21 Å². The molecule has 0 aliphatic heterocycles. The Morgan fingerprint density at radius 1 is 1.33 bits per heavy atom. The lowest BCUT2D eigenvalue weighted by Crippen LogP contribution is -2.42. The highest BCUT2D eigenvalue weighted by molar-refractivity contribution is 8.01. The van der Waals surface area contributed by atoms with Crippen LogP contribution in [0.4, 0.5) is 0 Å². The Balaban J connectivity index is 2.51. The van der Waals surface area contributed by atoms with Crippen LogP contribution >= 0.6 is 0 Å². The Bertz CT molecular complexity index is 185. The van der Waals surface area contributed by atoms with Crippen LogP contribution in [-0.2, 0) is 10.1 Å². The summed E-state index contributed by atoms with van der Waals surface area (Å²) in [6.45, 7) is 4.12. The normalized spacial score (nSPS) is 22.0. The molecule has 2 nitrogen and oxygen atoms in total. The van der Waals surface area contributed by atoms with Gasteiger partial charge in [-0.3, -0.25) is 8.93 Å². The predicted molar refractivity (Wildman–Crippen MR) is 56.0 cm³/mol. The molecule has 1 N–H and O–H groups in total. The summed E-state index contributed by atoms with van der Waals surface area (Å²) in [5.41, 5.74) is 0. The second-order valence-corrected chi connectivity index (χ2v) is 7.18. The van der Waals surface area contributed by atoms with Crippen LogP contribution in [0.2, 0.25) is 0 Å². The number of hydrogen-bond acceptors (Lipinski definition) is 1. The van der Waals surface area contributed by atoms with E-state index >= 15 is 0 Å². The zero-order valence-corrected chi connectivity index (χ0v) is 9.23. The standard InChI is InChI=1S/C9H21NOS/c1-8(2)10-12(3,11)9-6-4-5-7-9/h8-9,12H,4-7H2,1-3H3,(H,10,11). The smallest absolute Gasteiger partial charge is 0.0239 e. The van der Waals surface area contributed by atoms with E-state index in [1.165, 1.54) is 12.8 Å². The van der Waals surface area contributed by atoms with Gasteiger partial charge in [-0.1, -0.05) is 23.0 Å². The molecular weight excluding hydrogens is 170 g/mol. The minimum atomic E-state index is -2.05. The highest BCUT2D eigenvalue weighted by Gasteiger charge is 2.25. The summed E-state index contributed by atoms with van der Waals surface area (Å²) in [4.78, 5) is 0. The summed E-state index contributed by atoms with van der Waals surface area (Å²) in [5.74, 6) is 0. The van der Waals surface area contributed by atoms with Gasteiger partial charge in [0.05, 0.1) is 0 Å². The van der Waals surface area contributed by atoms with Crippen molar-refractivity contribution in [2.24, 2.45) is 0 Å². The second kappa shape index (κ2) is 3.88. The maximum atomic E-state index is 12.1. The van der Waals surface area contributed by atoms with Gasteiger partial charge in [-0.2, -0.15) is 0 Å². The van der Waals surface area contributed by atoms with Gasteiger partial charge in [-0.15, -0.1) is 0 Å². The number of rotatable bonds is 3. The molecular formula is C9H21NOS. The Morgan fingerprint density at radius 3 is 2.25 bits per heavy atom. The molecule has 0 aromatic rings. The van der Waals surface area contributed by atoms with Gasteiger partial charge < -0.3 is 0 Å². The van der Waals surface area contributed by atoms with Crippen molar-refractivity contribution in [3.8, 4) is 0 Å². The lowest BCUT2D eigenvalue weighted by Gasteiger charge is -2.28. The molecule has 0 spiro atoms. The van der Waals surface area contributed by atoms with E-state index in [1.54, 1.807) is 0 Å². The largest absolute Gasteiger partial charge is 0.271 e. The van der Waals surface area contributed by atoms with Gasteiger partial charge in [0.25, 0.3) is 0 Å². The minimum absolute atomic E-state index is 0.349. The molecule has 1 fully saturated rings. The topological polar surface area (TPSA) is 29.1 Å². The maximum Gasteiger partial charge on any atom is 0.0239 e. The lowest BCUT2D eigenvalue weighted by molar-refractivity contribution is 0.627. The Labute approximate surface area is 76.7 Å². The highest BCUT2D eigenvalue weighted by Crippen LogP contribution is 2.26. The fourth-order valence-electron chi connectivity index (χ4n) is 2.02. The number of thiol groups is 1. The molecule has 74 valence electrons. The van der Waals surface area contributed by atoms with Crippen LogP contribution in [0.5, 0.6) is 0 Å². The molecule has 3 heteroatoms. The Kier molecular flexibility index (Phi) is 3.29. The van der Waals surface area contributed by atoms with E-state index in [0.717, 1.165) is 12.8 Å². The third kappa shape index (κ3) is 2.56. The molecule has 0 saturated heterocycles. The Morgan fingerprint density at radius 2 is 1.83 bits per heavy atom. The van der Waals surface area contributed by atoms with Crippen molar-refractivity contribution in [3.05, 3.63) is 0 Å². The summed E-state index contributed by atoms with van der Waals surface area (Å²) in [5, 5.41) is 0.458. The van der Waals surface area contributed by atoms with Gasteiger partial charge in [0.15, 0.2) is 0 Å². The van der Waals surface area contributed by atoms with Crippen LogP contribution in [0.1, 0.15) is 39.5 Å². The summed E-state index contributed by atoms with van der Waals surface area (Å²) >= 11 is 0. The SMILES string of the molecule is CC(C)N[SH](C)(=O)C1CCCC1. The first-order valence-electron chi connectivity index (χ1n) is 4.87. The van der Waals surface area contributed by atoms with E-state index in [1.807, 2.05) is 6.26 Å². The van der Waals surface area contributed by atoms with Gasteiger partial charge in [0.2, 0.25) is 0 Å². The first-order chi connectivity index (χ1) is 5.52. The van der Waals surface area contributed by atoms with Crippen LogP contribution in [0.15, 0.2) is 0 Å². The molecule has 0 aromatic heterocycles. The average molecular weight is 191 g/mol. The summed E-state index contributed by atoms with van der Waals surface area (Å²) in [6.07, 6.45) is 6.76. The van der Waals surface area contributed by atoms with Gasteiger partial charge in [0.1, 0.15) is 0 Å². The average Bonchev–Trinajstić information content (AvgIpc) is 2.32. The second-order valence-electron chi connectivity index (χ2n) is 4.21. The van der Waals surface area contributed by atoms with E-state index in [-0.39, 0.29) is 0 Å². The number of hydrogen-bond donors (Lipinski definition) is 2. The van der Waals surface area contributed by atoms with E-state index in [0.29, 0.717) is 11.3 Å². The molecule has 0 heterocycles. The van der Waals surface area contributed by atoms with Gasteiger partial charge in [-0.05, 0) is 26.7 Å². The Hall–Kier alpha value is 0.110. The zero-order chi connectivity index (χ0) is 9.19. The third-order valence-electron chi connectivity index (χ3n) is 2.54. The van der Waals surface area contributed by atoms with Gasteiger partial charge in [-0.25, -0.2) is 0 Å². The van der Waals surface area contributed by atoms with Crippen molar-refractivity contribution in [3.63, 3.8) is 0 Å². The highest BCUT2D eigenvalue weighted by atomic mass is 32.3. The van der Waals surface area contributed by atoms with Crippen molar-refractivity contribution in [2.45, 2.75) is 50.8 Å². The summed E-state index contributed by atoms with van der Waals surface area (Å²) < 4.78 is 15.3. The van der Waals surface area contributed by atoms with Crippen LogP contribution in [0.3, 0.4) is 0 Å². The van der Waals surface area contributed by atoms with Crippen molar-refractivity contribution in [2.75, 3.05) is 6.26 Å². The predicted octanol–water partition coefficient (Wildman–Crippen LogP) is 1.49. The molecule has 1 saturated carbocycles. The van der Waals surface area contributed by atoms with Crippen LogP contribution in [0.25, 0.3) is 0 Å². The quantitative estimate of drug-likeness (QED) is 0.650. The minimum Gasteiger partial charge on any atom is -0.271 e. The van der Waals surface area contributed by atoms with Crippen LogP contribution in [0, 0.1) is 0 Å². The maximum absolute atomic E-state index is 12.1. The molecule has 0 bridgehead atoms. The van der Waals surface area contributed by atoms with E-state index in [4.69, 9.17) is 0 Å². The first kappa shape index (κ1) is 10.2.